The van der Waals surface area contributed by atoms with Crippen molar-refractivity contribution in [2.75, 3.05) is 18.1 Å². The second-order valence-electron chi connectivity index (χ2n) is 5.35. The van der Waals surface area contributed by atoms with Gasteiger partial charge in [-0.05, 0) is 36.4 Å². The van der Waals surface area contributed by atoms with Gasteiger partial charge in [-0.3, -0.25) is 10.1 Å². The summed E-state index contributed by atoms with van der Waals surface area (Å²) in [6.45, 7) is 0. The normalized spacial score (nSPS) is 10.2. The summed E-state index contributed by atoms with van der Waals surface area (Å²) in [7, 11) is 1.44. The predicted octanol–water partition coefficient (Wildman–Crippen LogP) is 3.62. The number of hydrogen-bond donors (Lipinski definition) is 3. The van der Waals surface area contributed by atoms with Gasteiger partial charge in [-0.1, -0.05) is 41.3 Å². The van der Waals surface area contributed by atoms with Gasteiger partial charge in [-0.25, -0.2) is 4.79 Å². The number of imide groups is 1. The molecule has 0 aliphatic heterocycles. The number of nitrogens with zero attached hydrogens (tertiary/aromatic N) is 2. The van der Waals surface area contributed by atoms with Crippen molar-refractivity contribution in [2.24, 2.45) is 0 Å². The van der Waals surface area contributed by atoms with Gasteiger partial charge in [0.1, 0.15) is 11.5 Å². The molecule has 0 saturated heterocycles. The number of aromatic nitrogens is 2. The highest BCUT2D eigenvalue weighted by Crippen LogP contribution is 2.29. The number of carbonyl (C=O) groups excluding carboxylic acids is 2. The molecule has 1 heterocycles. The van der Waals surface area contributed by atoms with Gasteiger partial charge < -0.3 is 15.4 Å². The van der Waals surface area contributed by atoms with Crippen molar-refractivity contribution in [3.05, 3.63) is 54.6 Å². The number of anilines is 2. The highest BCUT2D eigenvalue weighted by Gasteiger charge is 2.10. The van der Waals surface area contributed by atoms with E-state index in [2.05, 4.69) is 26.1 Å². The molecule has 2 aromatic carbocycles. The smallest absolute Gasteiger partial charge is 0.321 e. The van der Waals surface area contributed by atoms with Crippen LogP contribution in [-0.4, -0.2) is 34.9 Å². The molecule has 28 heavy (non-hydrogen) atoms. The summed E-state index contributed by atoms with van der Waals surface area (Å²) in [5.41, 5.74) is 0.838. The number of amides is 3. The third-order valence-corrected chi connectivity index (χ3v) is 5.27. The van der Waals surface area contributed by atoms with Gasteiger partial charge in [0, 0.05) is 12.7 Å². The summed E-state index contributed by atoms with van der Waals surface area (Å²) in [5.74, 6) is 1.18. The summed E-state index contributed by atoms with van der Waals surface area (Å²) in [5, 5.41) is 16.3. The van der Waals surface area contributed by atoms with Gasteiger partial charge in [-0.2, -0.15) is 0 Å². The van der Waals surface area contributed by atoms with E-state index in [1.807, 2.05) is 54.6 Å². The maximum atomic E-state index is 11.6. The van der Waals surface area contributed by atoms with Crippen LogP contribution in [0, 0.1) is 0 Å². The Bertz CT molecular complexity index is 932. The lowest BCUT2D eigenvalue weighted by Gasteiger charge is -2.06. The molecule has 0 saturated carbocycles. The zero-order valence-corrected chi connectivity index (χ0v) is 16.5. The Kier molecular flexibility index (Phi) is 6.82. The SMILES string of the molecule is CNC(=O)NC(=O)CSc1nnc(Nc2ccc(Oc3ccccc3)cc2)s1. The quantitative estimate of drug-likeness (QED) is 0.506. The lowest BCUT2D eigenvalue weighted by Crippen LogP contribution is -2.38. The average Bonchev–Trinajstić information content (AvgIpc) is 3.16. The summed E-state index contributed by atoms with van der Waals surface area (Å²) in [4.78, 5) is 22.7. The fourth-order valence-corrected chi connectivity index (χ4v) is 3.60. The average molecular weight is 416 g/mol. The molecular weight excluding hydrogens is 398 g/mol. The van der Waals surface area contributed by atoms with E-state index in [-0.39, 0.29) is 5.75 Å². The predicted molar refractivity (Wildman–Crippen MR) is 109 cm³/mol. The van der Waals surface area contributed by atoms with Crippen LogP contribution < -0.4 is 20.7 Å². The summed E-state index contributed by atoms with van der Waals surface area (Å²) in [6.07, 6.45) is 0. The molecule has 0 aliphatic rings. The fourth-order valence-electron chi connectivity index (χ4n) is 2.03. The number of thioether (sulfide) groups is 1. The van der Waals surface area contributed by atoms with Crippen molar-refractivity contribution in [1.82, 2.24) is 20.8 Å². The molecule has 1 aromatic heterocycles. The van der Waals surface area contributed by atoms with E-state index in [4.69, 9.17) is 4.74 Å². The van der Waals surface area contributed by atoms with Crippen LogP contribution in [0.2, 0.25) is 0 Å². The summed E-state index contributed by atoms with van der Waals surface area (Å²) in [6, 6.07) is 16.5. The van der Waals surface area contributed by atoms with Gasteiger partial charge in [0.2, 0.25) is 11.0 Å². The number of benzene rings is 2. The van der Waals surface area contributed by atoms with Gasteiger partial charge in [-0.15, -0.1) is 10.2 Å². The fraction of sp³-hybridized carbons (Fsp3) is 0.111. The van der Waals surface area contributed by atoms with Gasteiger partial charge in [0.05, 0.1) is 5.75 Å². The number of para-hydroxylation sites is 1. The Balaban J connectivity index is 1.50. The first kappa shape index (κ1) is 19.6. The molecule has 0 spiro atoms. The Hall–Kier alpha value is -3.11. The molecule has 8 nitrogen and oxygen atoms in total. The number of ether oxygens (including phenoxy) is 1. The lowest BCUT2D eigenvalue weighted by atomic mass is 10.3. The maximum Gasteiger partial charge on any atom is 0.321 e. The minimum Gasteiger partial charge on any atom is -0.457 e. The van der Waals surface area contributed by atoms with E-state index < -0.39 is 11.9 Å². The molecule has 0 fully saturated rings. The van der Waals surface area contributed by atoms with Crippen molar-refractivity contribution in [3.63, 3.8) is 0 Å². The largest absolute Gasteiger partial charge is 0.457 e. The minimum atomic E-state index is -0.537. The van der Waals surface area contributed by atoms with Crippen LogP contribution in [0.1, 0.15) is 0 Å². The van der Waals surface area contributed by atoms with Crippen LogP contribution in [0.25, 0.3) is 0 Å². The molecule has 3 aromatic rings. The van der Waals surface area contributed by atoms with Crippen molar-refractivity contribution >= 4 is 45.9 Å². The third kappa shape index (κ3) is 5.96. The van der Waals surface area contributed by atoms with Crippen LogP contribution in [0.3, 0.4) is 0 Å². The van der Waals surface area contributed by atoms with Crippen molar-refractivity contribution < 1.29 is 14.3 Å². The Morgan fingerprint density at radius 3 is 2.46 bits per heavy atom. The monoisotopic (exact) mass is 415 g/mol. The number of rotatable bonds is 7. The molecule has 3 rings (SSSR count). The zero-order chi connectivity index (χ0) is 19.8. The highest BCUT2D eigenvalue weighted by atomic mass is 32.2. The minimum absolute atomic E-state index is 0.0770. The summed E-state index contributed by atoms with van der Waals surface area (Å²) >= 11 is 2.53. The molecule has 0 bridgehead atoms. The number of hydrogen-bond acceptors (Lipinski definition) is 8. The summed E-state index contributed by atoms with van der Waals surface area (Å²) < 4.78 is 6.38. The first-order valence-corrected chi connectivity index (χ1v) is 10.0. The van der Waals surface area contributed by atoms with E-state index in [1.165, 1.54) is 30.1 Å². The topological polar surface area (TPSA) is 105 Å². The molecule has 3 N–H and O–H groups in total. The van der Waals surface area contributed by atoms with Gasteiger partial charge in [0.25, 0.3) is 0 Å². The van der Waals surface area contributed by atoms with E-state index >= 15 is 0 Å². The van der Waals surface area contributed by atoms with Crippen LogP contribution in [0.5, 0.6) is 11.5 Å². The van der Waals surface area contributed by atoms with E-state index in [0.29, 0.717) is 9.47 Å². The third-order valence-electron chi connectivity index (χ3n) is 3.30. The highest BCUT2D eigenvalue weighted by molar-refractivity contribution is 8.01. The Morgan fingerprint density at radius 2 is 1.75 bits per heavy atom. The molecular formula is C18H17N5O3S2. The zero-order valence-electron chi connectivity index (χ0n) is 14.8. The molecule has 144 valence electrons. The van der Waals surface area contributed by atoms with Crippen LogP contribution in [0.4, 0.5) is 15.6 Å². The second kappa shape index (κ2) is 9.72. The standard InChI is InChI=1S/C18H17N5O3S2/c1-19-16(25)21-15(24)11-27-18-23-22-17(28-18)20-12-7-9-14(10-8-12)26-13-5-3-2-4-6-13/h2-10H,11H2,1H3,(H,20,22)(H2,19,21,24,25). The number of nitrogens with one attached hydrogen (secondary N) is 3. The second-order valence-corrected chi connectivity index (χ2v) is 7.55. The van der Waals surface area contributed by atoms with Crippen LogP contribution in [-0.2, 0) is 4.79 Å². The number of carbonyl (C=O) groups is 2. The molecule has 0 aliphatic carbocycles. The van der Waals surface area contributed by atoms with E-state index in [1.54, 1.807) is 0 Å². The molecule has 3 amide bonds. The van der Waals surface area contributed by atoms with Crippen molar-refractivity contribution in [3.8, 4) is 11.5 Å². The van der Waals surface area contributed by atoms with E-state index in [9.17, 15) is 9.59 Å². The Labute approximate surface area is 169 Å². The molecule has 0 radical (unpaired) electrons. The van der Waals surface area contributed by atoms with Crippen molar-refractivity contribution in [1.29, 1.82) is 0 Å². The van der Waals surface area contributed by atoms with Crippen LogP contribution in [0.15, 0.2) is 58.9 Å². The Morgan fingerprint density at radius 1 is 1.04 bits per heavy atom. The molecule has 0 unspecified atom stereocenters. The lowest BCUT2D eigenvalue weighted by molar-refractivity contribution is -0.117. The van der Waals surface area contributed by atoms with E-state index in [0.717, 1.165) is 17.2 Å². The first-order chi connectivity index (χ1) is 13.6. The first-order valence-electron chi connectivity index (χ1n) is 8.20. The molecule has 0 atom stereocenters. The molecule has 10 heteroatoms. The van der Waals surface area contributed by atoms with Crippen LogP contribution >= 0.6 is 23.1 Å². The maximum absolute atomic E-state index is 11.6. The van der Waals surface area contributed by atoms with Gasteiger partial charge >= 0.3 is 6.03 Å². The number of urea groups is 1. The van der Waals surface area contributed by atoms with Crippen molar-refractivity contribution in [2.45, 2.75) is 4.34 Å². The van der Waals surface area contributed by atoms with Gasteiger partial charge in [0.15, 0.2) is 4.34 Å².